The Morgan fingerprint density at radius 3 is 2.41 bits per heavy atom. The smallest absolute Gasteiger partial charge is 0.241 e. The number of aromatic nitrogens is 2. The second-order valence-electron chi connectivity index (χ2n) is 6.57. The van der Waals surface area contributed by atoms with Crippen LogP contribution in [0.5, 0.6) is 5.75 Å². The Kier molecular flexibility index (Phi) is 5.34. The number of piperazine rings is 1. The van der Waals surface area contributed by atoms with Gasteiger partial charge >= 0.3 is 0 Å². The maximum atomic E-state index is 5.47. The summed E-state index contributed by atoms with van der Waals surface area (Å²) in [5, 5.41) is 4.13. The van der Waals surface area contributed by atoms with E-state index in [2.05, 4.69) is 50.3 Å². The zero-order chi connectivity index (χ0) is 18.5. The zero-order valence-electron chi connectivity index (χ0n) is 15.5. The molecule has 6 heteroatoms. The van der Waals surface area contributed by atoms with Crippen LogP contribution in [-0.2, 0) is 6.54 Å². The van der Waals surface area contributed by atoms with E-state index in [1.54, 1.807) is 0 Å². The van der Waals surface area contributed by atoms with Gasteiger partial charge in [0.1, 0.15) is 5.75 Å². The number of anilines is 1. The van der Waals surface area contributed by atoms with Gasteiger partial charge in [-0.15, -0.1) is 0 Å². The van der Waals surface area contributed by atoms with Crippen LogP contribution in [0.3, 0.4) is 0 Å². The highest BCUT2D eigenvalue weighted by atomic mass is 16.5. The maximum absolute atomic E-state index is 5.47. The molecule has 1 fully saturated rings. The van der Waals surface area contributed by atoms with Crippen molar-refractivity contribution in [2.45, 2.75) is 13.5 Å². The van der Waals surface area contributed by atoms with Crippen molar-refractivity contribution in [1.29, 1.82) is 0 Å². The fourth-order valence-electron chi connectivity index (χ4n) is 3.30. The van der Waals surface area contributed by atoms with Crippen LogP contribution in [0, 0.1) is 0 Å². The highest BCUT2D eigenvalue weighted by Crippen LogP contribution is 2.21. The molecule has 4 rings (SSSR count). The van der Waals surface area contributed by atoms with E-state index in [1.165, 1.54) is 5.69 Å². The second-order valence-corrected chi connectivity index (χ2v) is 6.57. The highest BCUT2D eigenvalue weighted by molar-refractivity contribution is 5.55. The SMILES string of the molecule is CCOc1ccc(-c2noc(CN3CCN(c4ccccc4)CC3)n2)cc1. The van der Waals surface area contributed by atoms with Gasteiger partial charge in [-0.3, -0.25) is 4.90 Å². The van der Waals surface area contributed by atoms with Crippen LogP contribution in [-0.4, -0.2) is 47.8 Å². The Morgan fingerprint density at radius 2 is 1.70 bits per heavy atom. The molecular formula is C21H24N4O2. The van der Waals surface area contributed by atoms with Crippen molar-refractivity contribution in [1.82, 2.24) is 15.0 Å². The quantitative estimate of drug-likeness (QED) is 0.668. The van der Waals surface area contributed by atoms with Gasteiger partial charge in [-0.05, 0) is 43.3 Å². The molecule has 0 bridgehead atoms. The molecule has 1 aliphatic heterocycles. The molecule has 0 amide bonds. The van der Waals surface area contributed by atoms with E-state index in [4.69, 9.17) is 9.26 Å². The van der Waals surface area contributed by atoms with E-state index in [1.807, 2.05) is 31.2 Å². The minimum atomic E-state index is 0.621. The lowest BCUT2D eigenvalue weighted by Crippen LogP contribution is -2.46. The maximum Gasteiger partial charge on any atom is 0.241 e. The first-order valence-electron chi connectivity index (χ1n) is 9.40. The van der Waals surface area contributed by atoms with Gasteiger partial charge in [-0.25, -0.2) is 0 Å². The molecule has 1 aromatic heterocycles. The van der Waals surface area contributed by atoms with E-state index in [-0.39, 0.29) is 0 Å². The topological polar surface area (TPSA) is 54.6 Å². The molecule has 2 aromatic carbocycles. The Morgan fingerprint density at radius 1 is 0.963 bits per heavy atom. The summed E-state index contributed by atoms with van der Waals surface area (Å²) < 4.78 is 10.9. The molecule has 0 radical (unpaired) electrons. The average molecular weight is 364 g/mol. The molecule has 0 aliphatic carbocycles. The monoisotopic (exact) mass is 364 g/mol. The van der Waals surface area contributed by atoms with Crippen molar-refractivity contribution in [2.75, 3.05) is 37.7 Å². The normalized spacial score (nSPS) is 15.1. The van der Waals surface area contributed by atoms with Gasteiger partial charge < -0.3 is 14.2 Å². The summed E-state index contributed by atoms with van der Waals surface area (Å²) >= 11 is 0. The highest BCUT2D eigenvalue weighted by Gasteiger charge is 2.19. The molecule has 1 aliphatic rings. The minimum absolute atomic E-state index is 0.621. The van der Waals surface area contributed by atoms with E-state index in [9.17, 15) is 0 Å². The first-order valence-corrected chi connectivity index (χ1v) is 9.40. The molecular weight excluding hydrogens is 340 g/mol. The summed E-state index contributed by atoms with van der Waals surface area (Å²) in [5.74, 6) is 2.13. The van der Waals surface area contributed by atoms with Crippen LogP contribution in [0.4, 0.5) is 5.69 Å². The number of benzene rings is 2. The number of hydrogen-bond acceptors (Lipinski definition) is 6. The Labute approximate surface area is 159 Å². The summed E-state index contributed by atoms with van der Waals surface area (Å²) in [5.41, 5.74) is 2.22. The third kappa shape index (κ3) is 4.28. The molecule has 0 atom stereocenters. The van der Waals surface area contributed by atoms with Crippen LogP contribution < -0.4 is 9.64 Å². The summed E-state index contributed by atoms with van der Waals surface area (Å²) in [7, 11) is 0. The first kappa shape index (κ1) is 17.5. The van der Waals surface area contributed by atoms with Gasteiger partial charge in [0.05, 0.1) is 13.2 Å². The van der Waals surface area contributed by atoms with Gasteiger partial charge in [0.15, 0.2) is 0 Å². The molecule has 2 heterocycles. The Bertz CT molecular complexity index is 840. The van der Waals surface area contributed by atoms with Crippen molar-refractivity contribution in [3.05, 3.63) is 60.5 Å². The van der Waals surface area contributed by atoms with Crippen molar-refractivity contribution in [3.8, 4) is 17.1 Å². The predicted molar refractivity (Wildman–Crippen MR) is 105 cm³/mol. The summed E-state index contributed by atoms with van der Waals surface area (Å²) in [6.45, 7) is 7.29. The number of hydrogen-bond donors (Lipinski definition) is 0. The van der Waals surface area contributed by atoms with Crippen molar-refractivity contribution in [2.24, 2.45) is 0 Å². The number of nitrogens with zero attached hydrogens (tertiary/aromatic N) is 4. The van der Waals surface area contributed by atoms with Gasteiger partial charge in [-0.1, -0.05) is 23.4 Å². The molecule has 6 nitrogen and oxygen atoms in total. The van der Waals surface area contributed by atoms with Gasteiger partial charge in [0.2, 0.25) is 11.7 Å². The van der Waals surface area contributed by atoms with Crippen molar-refractivity contribution in [3.63, 3.8) is 0 Å². The molecule has 0 saturated carbocycles. The van der Waals surface area contributed by atoms with E-state index in [0.29, 0.717) is 24.9 Å². The van der Waals surface area contributed by atoms with Crippen LogP contribution >= 0.6 is 0 Å². The molecule has 0 N–H and O–H groups in total. The first-order chi connectivity index (χ1) is 13.3. The van der Waals surface area contributed by atoms with E-state index >= 15 is 0 Å². The lowest BCUT2D eigenvalue weighted by molar-refractivity contribution is 0.215. The fourth-order valence-corrected chi connectivity index (χ4v) is 3.30. The van der Waals surface area contributed by atoms with E-state index in [0.717, 1.165) is 37.5 Å². The molecule has 0 unspecified atom stereocenters. The fraction of sp³-hybridized carbons (Fsp3) is 0.333. The summed E-state index contributed by atoms with van der Waals surface area (Å²) in [6, 6.07) is 18.3. The lowest BCUT2D eigenvalue weighted by Gasteiger charge is -2.35. The second kappa shape index (κ2) is 8.22. The van der Waals surface area contributed by atoms with Gasteiger partial charge in [0, 0.05) is 37.4 Å². The van der Waals surface area contributed by atoms with Gasteiger partial charge in [0.25, 0.3) is 0 Å². The van der Waals surface area contributed by atoms with Crippen LogP contribution in [0.1, 0.15) is 12.8 Å². The van der Waals surface area contributed by atoms with Crippen molar-refractivity contribution >= 4 is 5.69 Å². The molecule has 27 heavy (non-hydrogen) atoms. The van der Waals surface area contributed by atoms with E-state index < -0.39 is 0 Å². The Balaban J connectivity index is 1.33. The largest absolute Gasteiger partial charge is 0.494 e. The number of ether oxygens (including phenoxy) is 1. The standard InChI is InChI=1S/C21H24N4O2/c1-2-26-19-10-8-17(9-11-19)21-22-20(27-23-21)16-24-12-14-25(15-13-24)18-6-4-3-5-7-18/h3-11H,2,12-16H2,1H3. The molecule has 0 spiro atoms. The Hall–Kier alpha value is -2.86. The summed E-state index contributed by atoms with van der Waals surface area (Å²) in [6.07, 6.45) is 0. The lowest BCUT2D eigenvalue weighted by atomic mass is 10.2. The van der Waals surface area contributed by atoms with Crippen LogP contribution in [0.2, 0.25) is 0 Å². The van der Waals surface area contributed by atoms with Gasteiger partial charge in [-0.2, -0.15) is 4.98 Å². The zero-order valence-corrected chi connectivity index (χ0v) is 15.5. The molecule has 140 valence electrons. The number of para-hydroxylation sites is 1. The third-order valence-electron chi connectivity index (χ3n) is 4.74. The molecule has 3 aromatic rings. The average Bonchev–Trinajstić information content (AvgIpc) is 3.18. The number of rotatable bonds is 6. The molecule has 1 saturated heterocycles. The van der Waals surface area contributed by atoms with Crippen molar-refractivity contribution < 1.29 is 9.26 Å². The predicted octanol–water partition coefficient (Wildman–Crippen LogP) is 3.46. The van der Waals surface area contributed by atoms with Crippen LogP contribution in [0.25, 0.3) is 11.4 Å². The summed E-state index contributed by atoms with van der Waals surface area (Å²) in [4.78, 5) is 9.32. The minimum Gasteiger partial charge on any atom is -0.494 e. The van der Waals surface area contributed by atoms with Crippen LogP contribution in [0.15, 0.2) is 59.1 Å². The third-order valence-corrected chi connectivity index (χ3v) is 4.74.